The lowest BCUT2D eigenvalue weighted by atomic mass is 9.94. The Labute approximate surface area is 165 Å². The van der Waals surface area contributed by atoms with Gasteiger partial charge in [0, 0.05) is 50.9 Å². The maximum Gasteiger partial charge on any atom is 0.227 e. The summed E-state index contributed by atoms with van der Waals surface area (Å²) in [5.41, 5.74) is 1.06. The summed E-state index contributed by atoms with van der Waals surface area (Å²) in [7, 11) is 3.36. The molecule has 28 heavy (non-hydrogen) atoms. The molecular weight excluding hydrogens is 356 g/mol. The van der Waals surface area contributed by atoms with Crippen molar-refractivity contribution in [2.45, 2.75) is 25.4 Å². The molecule has 0 radical (unpaired) electrons. The van der Waals surface area contributed by atoms with Crippen LogP contribution < -0.4 is 4.74 Å². The lowest BCUT2D eigenvalue weighted by Gasteiger charge is -2.35. The molecule has 7 heteroatoms. The fourth-order valence-electron chi connectivity index (χ4n) is 4.37. The van der Waals surface area contributed by atoms with Crippen molar-refractivity contribution >= 4 is 5.91 Å². The third-order valence-electron chi connectivity index (χ3n) is 5.84. The second-order valence-electron chi connectivity index (χ2n) is 7.56. The van der Waals surface area contributed by atoms with Crippen LogP contribution in [0.2, 0.25) is 0 Å². The van der Waals surface area contributed by atoms with E-state index in [2.05, 4.69) is 14.5 Å². The highest BCUT2D eigenvalue weighted by Crippen LogP contribution is 2.30. The third kappa shape index (κ3) is 3.77. The quantitative estimate of drug-likeness (QED) is 0.730. The molecule has 1 amide bonds. The number of rotatable bonds is 7. The Hall–Kier alpha value is -2.38. The zero-order valence-corrected chi connectivity index (χ0v) is 16.6. The van der Waals surface area contributed by atoms with Crippen LogP contribution in [-0.2, 0) is 16.1 Å². The first kappa shape index (κ1) is 19.0. The number of fused-ring (bicyclic) bond motifs is 4. The van der Waals surface area contributed by atoms with E-state index < -0.39 is 0 Å². The molecule has 2 atom stereocenters. The van der Waals surface area contributed by atoms with Crippen LogP contribution >= 0.6 is 0 Å². The Morgan fingerprint density at radius 3 is 2.71 bits per heavy atom. The van der Waals surface area contributed by atoms with Crippen LogP contribution in [0.4, 0.5) is 0 Å². The van der Waals surface area contributed by atoms with Gasteiger partial charge in [-0.25, -0.2) is 4.98 Å². The minimum atomic E-state index is 0.0833. The molecule has 1 aromatic heterocycles. The van der Waals surface area contributed by atoms with E-state index in [1.54, 1.807) is 14.2 Å². The zero-order valence-electron chi connectivity index (χ0n) is 16.6. The first-order chi connectivity index (χ1) is 13.7. The van der Waals surface area contributed by atoms with E-state index in [9.17, 15) is 4.79 Å². The summed E-state index contributed by atoms with van der Waals surface area (Å²) in [6, 6.07) is 8.25. The molecule has 2 bridgehead atoms. The van der Waals surface area contributed by atoms with E-state index in [4.69, 9.17) is 9.47 Å². The number of piperidine rings is 1. The third-order valence-corrected chi connectivity index (χ3v) is 5.84. The van der Waals surface area contributed by atoms with Crippen molar-refractivity contribution in [1.29, 1.82) is 0 Å². The van der Waals surface area contributed by atoms with Crippen molar-refractivity contribution < 1.29 is 14.3 Å². The van der Waals surface area contributed by atoms with Gasteiger partial charge in [-0.1, -0.05) is 0 Å². The molecule has 0 aliphatic carbocycles. The molecule has 5 rings (SSSR count). The monoisotopic (exact) mass is 384 g/mol. The summed E-state index contributed by atoms with van der Waals surface area (Å²) in [6.07, 6.45) is 5.88. The number of aromatic nitrogens is 2. The summed E-state index contributed by atoms with van der Waals surface area (Å²) in [6.45, 7) is 3.70. The zero-order chi connectivity index (χ0) is 19.5. The number of carbonyl (C=O) groups is 1. The first-order valence-electron chi connectivity index (χ1n) is 9.88. The van der Waals surface area contributed by atoms with Gasteiger partial charge in [-0.2, -0.15) is 0 Å². The van der Waals surface area contributed by atoms with Gasteiger partial charge in [0.15, 0.2) is 0 Å². The molecule has 4 heterocycles. The van der Waals surface area contributed by atoms with Gasteiger partial charge in [-0.15, -0.1) is 0 Å². The molecule has 3 aliphatic rings. The van der Waals surface area contributed by atoms with Gasteiger partial charge >= 0.3 is 0 Å². The molecule has 7 nitrogen and oxygen atoms in total. The minimum absolute atomic E-state index is 0.0833. The Morgan fingerprint density at radius 2 is 1.96 bits per heavy atom. The molecular formula is C21H28N4O3. The first-order valence-corrected chi connectivity index (χ1v) is 9.88. The fourth-order valence-corrected chi connectivity index (χ4v) is 4.37. The van der Waals surface area contributed by atoms with E-state index in [0.29, 0.717) is 13.2 Å². The second-order valence-corrected chi connectivity index (χ2v) is 7.56. The number of methoxy groups -OCH3 is 2. The maximum absolute atomic E-state index is 12.8. The number of hydrogen-bond donors (Lipinski definition) is 0. The van der Waals surface area contributed by atoms with Crippen LogP contribution in [0.3, 0.4) is 0 Å². The summed E-state index contributed by atoms with van der Waals surface area (Å²) in [5, 5.41) is 0. The van der Waals surface area contributed by atoms with E-state index >= 15 is 0 Å². The summed E-state index contributed by atoms with van der Waals surface area (Å²) in [5.74, 6) is 2.20. The van der Waals surface area contributed by atoms with Crippen LogP contribution in [0, 0.1) is 5.92 Å². The molecule has 0 saturated carbocycles. The topological polar surface area (TPSA) is 59.8 Å². The summed E-state index contributed by atoms with van der Waals surface area (Å²) >= 11 is 0. The van der Waals surface area contributed by atoms with E-state index in [1.807, 2.05) is 41.6 Å². The van der Waals surface area contributed by atoms with Gasteiger partial charge in [0.2, 0.25) is 5.91 Å². The van der Waals surface area contributed by atoms with E-state index in [0.717, 1.165) is 49.7 Å². The number of hydrogen-bond acceptors (Lipinski definition) is 5. The average Bonchev–Trinajstić information content (AvgIpc) is 3.02. The lowest BCUT2D eigenvalue weighted by Crippen LogP contribution is -2.49. The molecule has 3 saturated heterocycles. The highest BCUT2D eigenvalue weighted by atomic mass is 16.5. The Bertz CT molecular complexity index is 804. The lowest BCUT2D eigenvalue weighted by molar-refractivity contribution is -0.140. The number of nitrogens with zero attached hydrogens (tertiary/aromatic N) is 4. The fraction of sp³-hybridized carbons (Fsp3) is 0.524. The molecule has 0 unspecified atom stereocenters. The highest BCUT2D eigenvalue weighted by molar-refractivity contribution is 5.80. The van der Waals surface area contributed by atoms with E-state index in [-0.39, 0.29) is 17.9 Å². The number of ether oxygens (including phenoxy) is 2. The predicted molar refractivity (Wildman–Crippen MR) is 105 cm³/mol. The molecule has 150 valence electrons. The minimum Gasteiger partial charge on any atom is -0.497 e. The number of benzene rings is 1. The molecule has 0 spiro atoms. The molecule has 3 aliphatic heterocycles. The smallest absolute Gasteiger partial charge is 0.227 e. The van der Waals surface area contributed by atoms with Gasteiger partial charge in [0.05, 0.1) is 26.2 Å². The van der Waals surface area contributed by atoms with Crippen LogP contribution in [-0.4, -0.2) is 71.8 Å². The molecule has 3 fully saturated rings. The predicted octanol–water partition coefficient (Wildman–Crippen LogP) is 1.95. The van der Waals surface area contributed by atoms with Gasteiger partial charge < -0.3 is 18.9 Å². The van der Waals surface area contributed by atoms with Gasteiger partial charge in [-0.3, -0.25) is 9.69 Å². The summed E-state index contributed by atoms with van der Waals surface area (Å²) in [4.78, 5) is 21.8. The Morgan fingerprint density at radius 1 is 1.14 bits per heavy atom. The van der Waals surface area contributed by atoms with Crippen LogP contribution in [0.25, 0.3) is 5.69 Å². The van der Waals surface area contributed by atoms with Crippen molar-refractivity contribution in [3.05, 3.63) is 42.5 Å². The van der Waals surface area contributed by atoms with Crippen molar-refractivity contribution in [3.63, 3.8) is 0 Å². The van der Waals surface area contributed by atoms with Gasteiger partial charge in [0.1, 0.15) is 11.6 Å². The number of amides is 1. The van der Waals surface area contributed by atoms with Crippen molar-refractivity contribution in [2.24, 2.45) is 5.92 Å². The van der Waals surface area contributed by atoms with Crippen molar-refractivity contribution in [2.75, 3.05) is 40.5 Å². The van der Waals surface area contributed by atoms with Gasteiger partial charge in [0.25, 0.3) is 0 Å². The van der Waals surface area contributed by atoms with Crippen molar-refractivity contribution in [1.82, 2.24) is 19.4 Å². The van der Waals surface area contributed by atoms with Crippen LogP contribution in [0.5, 0.6) is 5.75 Å². The standard InChI is InChI=1S/C21H28N4O3/c1-27-12-11-25-18-4-3-16(21(25)26)13-23(14-18)15-20-22-9-10-24(20)17-5-7-19(28-2)8-6-17/h5-10,16,18H,3-4,11-15H2,1-2H3/t16-,18+/m1/s1. The maximum atomic E-state index is 12.8. The number of imidazole rings is 1. The SMILES string of the molecule is COCCN1C(=O)[C@@H]2CC[C@H]1CN(Cc1nccn1-c1ccc(OC)cc1)C2. The second kappa shape index (κ2) is 8.32. The summed E-state index contributed by atoms with van der Waals surface area (Å²) < 4.78 is 12.6. The average molecular weight is 384 g/mol. The normalized spacial score (nSPS) is 22.5. The Kier molecular flexibility index (Phi) is 5.64. The Balaban J connectivity index is 1.50. The van der Waals surface area contributed by atoms with Gasteiger partial charge in [-0.05, 0) is 37.1 Å². The van der Waals surface area contributed by atoms with Crippen molar-refractivity contribution in [3.8, 4) is 11.4 Å². The van der Waals surface area contributed by atoms with Crippen LogP contribution in [0.1, 0.15) is 18.7 Å². The largest absolute Gasteiger partial charge is 0.497 e. The molecule has 1 aromatic carbocycles. The van der Waals surface area contributed by atoms with E-state index in [1.165, 1.54) is 0 Å². The molecule has 2 aromatic rings. The number of carbonyl (C=O) groups excluding carboxylic acids is 1. The van der Waals surface area contributed by atoms with Crippen LogP contribution in [0.15, 0.2) is 36.7 Å². The molecule has 0 N–H and O–H groups in total. The highest BCUT2D eigenvalue weighted by Gasteiger charge is 2.40.